The van der Waals surface area contributed by atoms with Crippen LogP contribution in [0.15, 0.2) is 35.5 Å². The summed E-state index contributed by atoms with van der Waals surface area (Å²) in [5.74, 6) is 0. The van der Waals surface area contributed by atoms with Crippen molar-refractivity contribution in [3.63, 3.8) is 0 Å². The second kappa shape index (κ2) is 7.08. The number of aliphatic imine (C=N–C) groups is 1. The summed E-state index contributed by atoms with van der Waals surface area (Å²) in [5, 5.41) is 10.1. The molecule has 1 aliphatic heterocycles. The van der Waals surface area contributed by atoms with Gasteiger partial charge in [-0.25, -0.2) is 0 Å². The molecule has 1 aliphatic carbocycles. The van der Waals surface area contributed by atoms with Crippen molar-refractivity contribution in [1.29, 1.82) is 0 Å². The van der Waals surface area contributed by atoms with Gasteiger partial charge in [0.1, 0.15) is 0 Å². The highest BCUT2D eigenvalue weighted by atomic mass is 16.5. The Balaban J connectivity index is 1.71. The van der Waals surface area contributed by atoms with Crippen LogP contribution in [0.2, 0.25) is 0 Å². The van der Waals surface area contributed by atoms with Crippen LogP contribution in [0.4, 0.5) is 0 Å². The van der Waals surface area contributed by atoms with Crippen molar-refractivity contribution in [2.24, 2.45) is 4.99 Å². The number of benzene rings is 1. The van der Waals surface area contributed by atoms with Crippen molar-refractivity contribution in [1.82, 2.24) is 4.90 Å². The molecule has 4 nitrogen and oxygen atoms in total. The van der Waals surface area contributed by atoms with E-state index in [2.05, 4.69) is 16.1 Å². The van der Waals surface area contributed by atoms with Crippen LogP contribution in [0.25, 0.3) is 5.70 Å². The van der Waals surface area contributed by atoms with Gasteiger partial charge in [0.05, 0.1) is 23.9 Å². The second-order valence-electron chi connectivity index (χ2n) is 7.33. The summed E-state index contributed by atoms with van der Waals surface area (Å²) in [6.45, 7) is 4.49. The predicted molar refractivity (Wildman–Crippen MR) is 97.9 cm³/mol. The molecule has 0 aromatic heterocycles. The highest BCUT2D eigenvalue weighted by Crippen LogP contribution is 2.29. The molecule has 1 saturated carbocycles. The Bertz CT molecular complexity index is 606. The van der Waals surface area contributed by atoms with Gasteiger partial charge in [-0.2, -0.15) is 0 Å². The van der Waals surface area contributed by atoms with Crippen molar-refractivity contribution in [2.75, 3.05) is 13.7 Å². The van der Waals surface area contributed by atoms with Gasteiger partial charge in [0, 0.05) is 31.1 Å². The standard InChI is InChI=1S/C20H28N2O2/c1-20(2,23)16-6-4-15(5-7-16)19-14-22(13-12-21-19)17-8-10-18(24-3)11-9-17/h4-7,12,14,17-18,23H,8-11,13H2,1-3H3/t17-,18-. The second-order valence-corrected chi connectivity index (χ2v) is 7.33. The summed E-state index contributed by atoms with van der Waals surface area (Å²) in [4.78, 5) is 6.99. The van der Waals surface area contributed by atoms with Gasteiger partial charge in [0.15, 0.2) is 0 Å². The lowest BCUT2D eigenvalue weighted by molar-refractivity contribution is 0.0501. The first-order valence-electron chi connectivity index (χ1n) is 8.83. The Hall–Kier alpha value is -1.65. The number of ether oxygens (including phenoxy) is 1. The van der Waals surface area contributed by atoms with Crippen LogP contribution in [0.3, 0.4) is 0 Å². The van der Waals surface area contributed by atoms with E-state index in [0.29, 0.717) is 12.1 Å². The summed E-state index contributed by atoms with van der Waals surface area (Å²) in [7, 11) is 1.81. The zero-order valence-electron chi connectivity index (χ0n) is 14.9. The molecule has 0 spiro atoms. The zero-order valence-corrected chi connectivity index (χ0v) is 14.9. The minimum Gasteiger partial charge on any atom is -0.386 e. The van der Waals surface area contributed by atoms with Crippen molar-refractivity contribution < 1.29 is 9.84 Å². The van der Waals surface area contributed by atoms with E-state index in [1.54, 1.807) is 13.8 Å². The molecule has 3 rings (SSSR count). The molecule has 0 unspecified atom stereocenters. The van der Waals surface area contributed by atoms with Gasteiger partial charge in [-0.05, 0) is 45.1 Å². The third-order valence-corrected chi connectivity index (χ3v) is 5.14. The molecule has 1 heterocycles. The lowest BCUT2D eigenvalue weighted by Crippen LogP contribution is -2.38. The number of aliphatic hydroxyl groups is 1. The maximum Gasteiger partial charge on any atom is 0.0857 e. The van der Waals surface area contributed by atoms with Crippen molar-refractivity contribution in [3.05, 3.63) is 41.6 Å². The highest BCUT2D eigenvalue weighted by Gasteiger charge is 2.25. The number of methoxy groups -OCH3 is 1. The van der Waals surface area contributed by atoms with Crippen LogP contribution in [0, 0.1) is 0 Å². The Morgan fingerprint density at radius 2 is 1.79 bits per heavy atom. The molecule has 0 atom stereocenters. The van der Waals surface area contributed by atoms with Crippen LogP contribution >= 0.6 is 0 Å². The molecule has 24 heavy (non-hydrogen) atoms. The van der Waals surface area contributed by atoms with E-state index in [4.69, 9.17) is 4.74 Å². The van der Waals surface area contributed by atoms with Crippen LogP contribution in [0.1, 0.15) is 50.7 Å². The molecule has 130 valence electrons. The normalized spacial score (nSPS) is 24.8. The Morgan fingerprint density at radius 3 is 2.38 bits per heavy atom. The highest BCUT2D eigenvalue weighted by molar-refractivity contribution is 5.77. The topological polar surface area (TPSA) is 45.1 Å². The van der Waals surface area contributed by atoms with Crippen molar-refractivity contribution in [2.45, 2.75) is 57.3 Å². The fourth-order valence-corrected chi connectivity index (χ4v) is 3.54. The third-order valence-electron chi connectivity index (χ3n) is 5.14. The van der Waals surface area contributed by atoms with E-state index in [1.807, 2.05) is 37.6 Å². The van der Waals surface area contributed by atoms with E-state index in [9.17, 15) is 5.11 Å². The van der Waals surface area contributed by atoms with Gasteiger partial charge in [0.2, 0.25) is 0 Å². The minimum atomic E-state index is -0.811. The minimum absolute atomic E-state index is 0.428. The van der Waals surface area contributed by atoms with Gasteiger partial charge in [0.25, 0.3) is 0 Å². The summed E-state index contributed by atoms with van der Waals surface area (Å²) in [6.07, 6.45) is 9.24. The first-order valence-corrected chi connectivity index (χ1v) is 8.83. The zero-order chi connectivity index (χ0) is 17.2. The molecule has 1 aromatic rings. The molecular formula is C20H28N2O2. The monoisotopic (exact) mass is 328 g/mol. The first-order chi connectivity index (χ1) is 11.5. The largest absolute Gasteiger partial charge is 0.386 e. The number of rotatable bonds is 4. The smallest absolute Gasteiger partial charge is 0.0857 e. The van der Waals surface area contributed by atoms with Crippen molar-refractivity contribution in [3.8, 4) is 0 Å². The molecule has 0 radical (unpaired) electrons. The number of nitrogens with zero attached hydrogens (tertiary/aromatic N) is 2. The summed E-state index contributed by atoms with van der Waals surface area (Å²) in [5.41, 5.74) is 2.20. The fraction of sp³-hybridized carbons (Fsp3) is 0.550. The average Bonchev–Trinajstić information content (AvgIpc) is 2.61. The van der Waals surface area contributed by atoms with E-state index >= 15 is 0 Å². The third kappa shape index (κ3) is 3.87. The van der Waals surface area contributed by atoms with Gasteiger partial charge in [-0.3, -0.25) is 4.99 Å². The molecule has 1 aromatic carbocycles. The maximum absolute atomic E-state index is 10.1. The summed E-state index contributed by atoms with van der Waals surface area (Å²) in [6, 6.07) is 8.63. The summed E-state index contributed by atoms with van der Waals surface area (Å²) >= 11 is 0. The lowest BCUT2D eigenvalue weighted by Gasteiger charge is -2.36. The Kier molecular flexibility index (Phi) is 5.07. The molecule has 1 N–H and O–H groups in total. The number of hydrogen-bond acceptors (Lipinski definition) is 4. The molecule has 2 aliphatic rings. The fourth-order valence-electron chi connectivity index (χ4n) is 3.54. The maximum atomic E-state index is 10.1. The quantitative estimate of drug-likeness (QED) is 0.919. The SMILES string of the molecule is CO[C@H]1CC[C@H](N2C=C(c3ccc(C(C)(C)O)cc3)N=CC2)CC1. The van der Waals surface area contributed by atoms with E-state index in [1.165, 1.54) is 12.8 Å². The molecule has 4 heteroatoms. The van der Waals surface area contributed by atoms with E-state index < -0.39 is 5.60 Å². The van der Waals surface area contributed by atoms with Crippen LogP contribution < -0.4 is 0 Å². The Labute approximate surface area is 144 Å². The molecular weight excluding hydrogens is 300 g/mol. The summed E-state index contributed by atoms with van der Waals surface area (Å²) < 4.78 is 5.48. The van der Waals surface area contributed by atoms with Gasteiger partial charge >= 0.3 is 0 Å². The lowest BCUT2D eigenvalue weighted by atomic mass is 9.91. The van der Waals surface area contributed by atoms with Crippen LogP contribution in [-0.4, -0.2) is 42.0 Å². The Morgan fingerprint density at radius 1 is 1.12 bits per heavy atom. The molecule has 0 bridgehead atoms. The van der Waals surface area contributed by atoms with Gasteiger partial charge in [-0.15, -0.1) is 0 Å². The van der Waals surface area contributed by atoms with Gasteiger partial charge < -0.3 is 14.7 Å². The van der Waals surface area contributed by atoms with E-state index in [-0.39, 0.29) is 0 Å². The van der Waals surface area contributed by atoms with Crippen LogP contribution in [-0.2, 0) is 10.3 Å². The van der Waals surface area contributed by atoms with Gasteiger partial charge in [-0.1, -0.05) is 24.3 Å². The number of hydrogen-bond donors (Lipinski definition) is 1. The first kappa shape index (κ1) is 17.2. The molecule has 0 saturated heterocycles. The average molecular weight is 328 g/mol. The van der Waals surface area contributed by atoms with Crippen molar-refractivity contribution >= 4 is 11.9 Å². The van der Waals surface area contributed by atoms with Crippen LogP contribution in [0.5, 0.6) is 0 Å². The predicted octanol–water partition coefficient (Wildman–Crippen LogP) is 3.56. The molecule has 0 amide bonds. The van der Waals surface area contributed by atoms with E-state index in [0.717, 1.165) is 36.2 Å². The molecule has 1 fully saturated rings.